The third kappa shape index (κ3) is 3.92. The lowest BCUT2D eigenvalue weighted by atomic mass is 10.1. The smallest absolute Gasteiger partial charge is 0.253 e. The van der Waals surface area contributed by atoms with E-state index in [9.17, 15) is 4.79 Å². The summed E-state index contributed by atoms with van der Waals surface area (Å²) in [6.45, 7) is 4.47. The van der Waals surface area contributed by atoms with E-state index in [1.807, 2.05) is 13.0 Å². The summed E-state index contributed by atoms with van der Waals surface area (Å²) in [6.07, 6.45) is 2.27. The fraction of sp³-hybridized carbons (Fsp3) is 0.375. The molecule has 1 amide bonds. The van der Waals surface area contributed by atoms with Gasteiger partial charge in [0.25, 0.3) is 5.91 Å². The number of hydrogen-bond acceptors (Lipinski definition) is 4. The molecule has 5 heteroatoms. The zero-order valence-corrected chi connectivity index (χ0v) is 12.3. The SMILES string of the molecule is Cc1nc(-c2ccco2)ccc1C(=O)NCC(C)CCO. The summed E-state index contributed by atoms with van der Waals surface area (Å²) in [5.74, 6) is 0.784. The van der Waals surface area contributed by atoms with Crippen LogP contribution in [0.15, 0.2) is 34.9 Å². The standard InChI is InChI=1S/C16H20N2O3/c1-11(7-8-19)10-17-16(20)13-5-6-14(18-12(13)2)15-4-3-9-21-15/h3-6,9,11,19H,7-8,10H2,1-2H3,(H,17,20). The number of aliphatic hydroxyl groups is 1. The highest BCUT2D eigenvalue weighted by molar-refractivity contribution is 5.95. The Morgan fingerprint density at radius 1 is 1.43 bits per heavy atom. The molecule has 0 spiro atoms. The fourth-order valence-corrected chi connectivity index (χ4v) is 2.05. The summed E-state index contributed by atoms with van der Waals surface area (Å²) < 4.78 is 5.29. The number of aliphatic hydroxyl groups excluding tert-OH is 1. The quantitative estimate of drug-likeness (QED) is 0.856. The molecule has 21 heavy (non-hydrogen) atoms. The highest BCUT2D eigenvalue weighted by Gasteiger charge is 2.13. The second-order valence-corrected chi connectivity index (χ2v) is 5.13. The normalized spacial score (nSPS) is 12.1. The Hall–Kier alpha value is -2.14. The summed E-state index contributed by atoms with van der Waals surface area (Å²) in [7, 11) is 0. The summed E-state index contributed by atoms with van der Waals surface area (Å²) in [5, 5.41) is 11.7. The second-order valence-electron chi connectivity index (χ2n) is 5.13. The summed E-state index contributed by atoms with van der Waals surface area (Å²) in [6, 6.07) is 7.16. The molecule has 0 fully saturated rings. The number of hydrogen-bond donors (Lipinski definition) is 2. The number of carbonyl (C=O) groups excluding carboxylic acids is 1. The minimum atomic E-state index is -0.143. The van der Waals surface area contributed by atoms with Gasteiger partial charge in [0, 0.05) is 13.2 Å². The van der Waals surface area contributed by atoms with Crippen molar-refractivity contribution in [1.82, 2.24) is 10.3 Å². The van der Waals surface area contributed by atoms with E-state index in [4.69, 9.17) is 9.52 Å². The number of nitrogens with one attached hydrogen (secondary N) is 1. The van der Waals surface area contributed by atoms with Crippen LogP contribution in [-0.2, 0) is 0 Å². The van der Waals surface area contributed by atoms with Gasteiger partial charge in [0.05, 0.1) is 17.5 Å². The maximum Gasteiger partial charge on any atom is 0.253 e. The van der Waals surface area contributed by atoms with Gasteiger partial charge in [-0.1, -0.05) is 6.92 Å². The molecule has 112 valence electrons. The van der Waals surface area contributed by atoms with Crippen LogP contribution >= 0.6 is 0 Å². The third-order valence-corrected chi connectivity index (χ3v) is 3.34. The third-order valence-electron chi connectivity index (χ3n) is 3.34. The van der Waals surface area contributed by atoms with Gasteiger partial charge in [-0.2, -0.15) is 0 Å². The van der Waals surface area contributed by atoms with Crippen LogP contribution in [0.25, 0.3) is 11.5 Å². The van der Waals surface area contributed by atoms with E-state index in [-0.39, 0.29) is 18.4 Å². The maximum atomic E-state index is 12.1. The van der Waals surface area contributed by atoms with E-state index in [1.54, 1.807) is 31.4 Å². The van der Waals surface area contributed by atoms with Gasteiger partial charge in [-0.3, -0.25) is 4.79 Å². The lowest BCUT2D eigenvalue weighted by Crippen LogP contribution is -2.29. The molecule has 2 N–H and O–H groups in total. The molecule has 0 bridgehead atoms. The average molecular weight is 288 g/mol. The van der Waals surface area contributed by atoms with Crippen LogP contribution in [0.2, 0.25) is 0 Å². The molecule has 1 unspecified atom stereocenters. The Balaban J connectivity index is 2.05. The van der Waals surface area contributed by atoms with Crippen LogP contribution in [0.3, 0.4) is 0 Å². The second kappa shape index (κ2) is 7.04. The van der Waals surface area contributed by atoms with Crippen molar-refractivity contribution in [2.45, 2.75) is 20.3 Å². The Morgan fingerprint density at radius 3 is 2.86 bits per heavy atom. The number of furan rings is 1. The molecule has 5 nitrogen and oxygen atoms in total. The van der Waals surface area contributed by atoms with E-state index in [0.29, 0.717) is 35.7 Å². The van der Waals surface area contributed by atoms with Crippen LogP contribution in [0.5, 0.6) is 0 Å². The summed E-state index contributed by atoms with van der Waals surface area (Å²) >= 11 is 0. The molecule has 1 atom stereocenters. The lowest BCUT2D eigenvalue weighted by Gasteiger charge is -2.12. The highest BCUT2D eigenvalue weighted by atomic mass is 16.3. The first-order valence-corrected chi connectivity index (χ1v) is 7.02. The Bertz CT molecular complexity index is 594. The molecule has 2 rings (SSSR count). The van der Waals surface area contributed by atoms with E-state index in [2.05, 4.69) is 10.3 Å². The maximum absolute atomic E-state index is 12.1. The van der Waals surface area contributed by atoms with Crippen molar-refractivity contribution in [3.63, 3.8) is 0 Å². The monoisotopic (exact) mass is 288 g/mol. The number of aryl methyl sites for hydroxylation is 1. The zero-order valence-electron chi connectivity index (χ0n) is 12.3. The van der Waals surface area contributed by atoms with Gasteiger partial charge >= 0.3 is 0 Å². The number of nitrogens with zero attached hydrogens (tertiary/aromatic N) is 1. The number of carbonyl (C=O) groups is 1. The largest absolute Gasteiger partial charge is 0.463 e. The van der Waals surface area contributed by atoms with E-state index >= 15 is 0 Å². The van der Waals surface area contributed by atoms with E-state index < -0.39 is 0 Å². The lowest BCUT2D eigenvalue weighted by molar-refractivity contribution is 0.0944. The van der Waals surface area contributed by atoms with Crippen molar-refractivity contribution in [3.05, 3.63) is 41.8 Å². The first kappa shape index (κ1) is 15.3. The number of rotatable bonds is 6. The van der Waals surface area contributed by atoms with Crippen molar-refractivity contribution in [2.75, 3.05) is 13.2 Å². The number of aromatic nitrogens is 1. The molecule has 0 aromatic carbocycles. The Kier molecular flexibility index (Phi) is 5.11. The van der Waals surface area contributed by atoms with Gasteiger partial charge in [-0.05, 0) is 43.5 Å². The van der Waals surface area contributed by atoms with Crippen molar-refractivity contribution in [3.8, 4) is 11.5 Å². The Labute approximate surface area is 124 Å². The zero-order chi connectivity index (χ0) is 15.2. The molecular formula is C16H20N2O3. The van der Waals surface area contributed by atoms with Crippen molar-refractivity contribution < 1.29 is 14.3 Å². The van der Waals surface area contributed by atoms with Crippen LogP contribution in [-0.4, -0.2) is 29.1 Å². The minimum Gasteiger partial charge on any atom is -0.463 e. The van der Waals surface area contributed by atoms with Crippen LogP contribution < -0.4 is 5.32 Å². The van der Waals surface area contributed by atoms with Crippen LogP contribution in [0.1, 0.15) is 29.4 Å². The van der Waals surface area contributed by atoms with E-state index in [0.717, 1.165) is 0 Å². The molecule has 0 aliphatic carbocycles. The number of amides is 1. The minimum absolute atomic E-state index is 0.134. The summed E-state index contributed by atoms with van der Waals surface area (Å²) in [4.78, 5) is 16.5. The molecule has 0 saturated heterocycles. The molecule has 0 aliphatic heterocycles. The van der Waals surface area contributed by atoms with Crippen molar-refractivity contribution in [1.29, 1.82) is 0 Å². The van der Waals surface area contributed by atoms with Gasteiger partial charge in [0.15, 0.2) is 5.76 Å². The molecule has 2 aromatic heterocycles. The fourth-order valence-electron chi connectivity index (χ4n) is 2.05. The first-order valence-electron chi connectivity index (χ1n) is 7.02. The van der Waals surface area contributed by atoms with Crippen LogP contribution in [0, 0.1) is 12.8 Å². The van der Waals surface area contributed by atoms with E-state index in [1.165, 1.54) is 0 Å². The average Bonchev–Trinajstić information content (AvgIpc) is 2.99. The molecule has 0 radical (unpaired) electrons. The predicted molar refractivity (Wildman–Crippen MR) is 79.9 cm³/mol. The van der Waals surface area contributed by atoms with Crippen molar-refractivity contribution >= 4 is 5.91 Å². The predicted octanol–water partition coefficient (Wildman–Crippen LogP) is 2.40. The van der Waals surface area contributed by atoms with Crippen LogP contribution in [0.4, 0.5) is 0 Å². The molecular weight excluding hydrogens is 268 g/mol. The molecule has 0 saturated carbocycles. The molecule has 2 aromatic rings. The molecule has 0 aliphatic rings. The van der Waals surface area contributed by atoms with Gasteiger partial charge in [0.2, 0.25) is 0 Å². The first-order chi connectivity index (χ1) is 10.1. The van der Waals surface area contributed by atoms with Gasteiger partial charge in [0.1, 0.15) is 5.69 Å². The van der Waals surface area contributed by atoms with Gasteiger partial charge < -0.3 is 14.8 Å². The van der Waals surface area contributed by atoms with Gasteiger partial charge in [-0.25, -0.2) is 4.98 Å². The number of pyridine rings is 1. The van der Waals surface area contributed by atoms with Crippen molar-refractivity contribution in [2.24, 2.45) is 5.92 Å². The molecule has 2 heterocycles. The Morgan fingerprint density at radius 2 is 2.24 bits per heavy atom. The highest BCUT2D eigenvalue weighted by Crippen LogP contribution is 2.19. The topological polar surface area (TPSA) is 75.4 Å². The van der Waals surface area contributed by atoms with Gasteiger partial charge in [-0.15, -0.1) is 0 Å². The summed E-state index contributed by atoms with van der Waals surface area (Å²) in [5.41, 5.74) is 1.93.